The van der Waals surface area contributed by atoms with Crippen LogP contribution in [-0.4, -0.2) is 18.1 Å². The summed E-state index contributed by atoms with van der Waals surface area (Å²) in [5.41, 5.74) is 2.67. The van der Waals surface area contributed by atoms with E-state index in [4.69, 9.17) is 4.74 Å². The van der Waals surface area contributed by atoms with Gasteiger partial charge in [-0.3, -0.25) is 0 Å². The molecule has 0 atom stereocenters. The maximum absolute atomic E-state index is 5.39. The van der Waals surface area contributed by atoms with Crippen LogP contribution in [0.5, 0.6) is 0 Å². The van der Waals surface area contributed by atoms with E-state index >= 15 is 0 Å². The summed E-state index contributed by atoms with van der Waals surface area (Å²) in [6.07, 6.45) is 4.25. The van der Waals surface area contributed by atoms with E-state index in [0.717, 1.165) is 31.9 Å². The molecule has 0 saturated carbocycles. The van der Waals surface area contributed by atoms with Gasteiger partial charge in [0.2, 0.25) is 0 Å². The molecule has 1 saturated heterocycles. The highest BCUT2D eigenvalue weighted by molar-refractivity contribution is 5.17. The van der Waals surface area contributed by atoms with Gasteiger partial charge >= 0.3 is 0 Å². The quantitative estimate of drug-likeness (QED) is 0.785. The molecule has 0 aromatic heterocycles. The number of rotatable bonds is 4. The van der Waals surface area contributed by atoms with Crippen molar-refractivity contribution in [1.29, 1.82) is 0 Å². The Morgan fingerprint density at radius 3 is 2.76 bits per heavy atom. The zero-order chi connectivity index (χ0) is 12.1. The van der Waals surface area contributed by atoms with Crippen LogP contribution in [0.1, 0.15) is 18.9 Å². The third kappa shape index (κ3) is 2.90. The summed E-state index contributed by atoms with van der Waals surface area (Å²) < 4.78 is 5.39. The van der Waals surface area contributed by atoms with E-state index in [2.05, 4.69) is 54.8 Å². The van der Waals surface area contributed by atoms with Gasteiger partial charge in [-0.1, -0.05) is 36.4 Å². The summed E-state index contributed by atoms with van der Waals surface area (Å²) in [6, 6.07) is 10.6. The lowest BCUT2D eigenvalue weighted by Crippen LogP contribution is -2.17. The summed E-state index contributed by atoms with van der Waals surface area (Å²) in [6.45, 7) is 7.67. The van der Waals surface area contributed by atoms with Gasteiger partial charge in [0, 0.05) is 5.70 Å². The van der Waals surface area contributed by atoms with Gasteiger partial charge in [0.05, 0.1) is 6.54 Å². The lowest BCUT2D eigenvalue weighted by atomic mass is 10.1. The molecule has 2 rings (SSSR count). The average Bonchev–Trinajstić information content (AvgIpc) is 2.78. The Labute approximate surface area is 103 Å². The minimum absolute atomic E-state index is 0.751. The van der Waals surface area contributed by atoms with Crippen molar-refractivity contribution < 1.29 is 4.74 Å². The summed E-state index contributed by atoms with van der Waals surface area (Å²) >= 11 is 0. The number of ether oxygens (including phenoxy) is 1. The van der Waals surface area contributed by atoms with Crippen LogP contribution >= 0.6 is 0 Å². The lowest BCUT2D eigenvalue weighted by Gasteiger charge is -2.20. The Kier molecular flexibility index (Phi) is 3.86. The molecule has 0 bridgehead atoms. The molecule has 1 aliphatic rings. The van der Waals surface area contributed by atoms with E-state index in [0.29, 0.717) is 0 Å². The Bertz CT molecular complexity index is 408. The van der Waals surface area contributed by atoms with E-state index in [1.165, 1.54) is 11.3 Å². The predicted octanol–water partition coefficient (Wildman–Crippen LogP) is 3.33. The molecule has 2 nitrogen and oxygen atoms in total. The Balaban J connectivity index is 1.95. The van der Waals surface area contributed by atoms with Crippen LogP contribution < -0.4 is 0 Å². The maximum atomic E-state index is 5.39. The molecule has 0 spiro atoms. The van der Waals surface area contributed by atoms with Crippen molar-refractivity contribution in [1.82, 2.24) is 4.90 Å². The van der Waals surface area contributed by atoms with Gasteiger partial charge in [0.25, 0.3) is 0 Å². The van der Waals surface area contributed by atoms with E-state index in [-0.39, 0.29) is 0 Å². The monoisotopic (exact) mass is 229 g/mol. The third-order valence-corrected chi connectivity index (χ3v) is 3.08. The maximum Gasteiger partial charge on any atom is 0.186 e. The minimum Gasteiger partial charge on any atom is -0.477 e. The minimum atomic E-state index is 0.751. The molecule has 0 N–H and O–H groups in total. The van der Waals surface area contributed by atoms with Gasteiger partial charge in [-0.2, -0.15) is 0 Å². The number of hydrogen-bond donors (Lipinski definition) is 0. The molecule has 90 valence electrons. The molecule has 2 heteroatoms. The topological polar surface area (TPSA) is 12.5 Å². The van der Waals surface area contributed by atoms with Gasteiger partial charge < -0.3 is 9.64 Å². The van der Waals surface area contributed by atoms with E-state index in [1.807, 2.05) is 0 Å². The summed E-state index contributed by atoms with van der Waals surface area (Å²) in [5.74, 6) is 0.783. The highest BCUT2D eigenvalue weighted by Crippen LogP contribution is 2.22. The van der Waals surface area contributed by atoms with Gasteiger partial charge in [0.15, 0.2) is 5.88 Å². The highest BCUT2D eigenvalue weighted by atomic mass is 16.5. The van der Waals surface area contributed by atoms with Crippen molar-refractivity contribution in [3.05, 3.63) is 60.1 Å². The predicted molar refractivity (Wildman–Crippen MR) is 70.3 cm³/mol. The second-order valence-corrected chi connectivity index (χ2v) is 4.16. The van der Waals surface area contributed by atoms with Gasteiger partial charge in [-0.25, -0.2) is 0 Å². The van der Waals surface area contributed by atoms with Gasteiger partial charge in [-0.15, -0.1) is 0 Å². The van der Waals surface area contributed by atoms with Crippen LogP contribution in [0, 0.1) is 0 Å². The van der Waals surface area contributed by atoms with Gasteiger partial charge in [-0.05, 0) is 31.9 Å². The Morgan fingerprint density at radius 2 is 2.18 bits per heavy atom. The second kappa shape index (κ2) is 5.58. The summed E-state index contributed by atoms with van der Waals surface area (Å²) in [4.78, 5) is 2.17. The van der Waals surface area contributed by atoms with Crippen molar-refractivity contribution in [2.45, 2.75) is 19.8 Å². The second-order valence-electron chi connectivity index (χ2n) is 4.16. The largest absolute Gasteiger partial charge is 0.477 e. The standard InChI is InChI=1S/C15H19NO/c1-3-15(16-11-12-17-13(16)2)10-9-14-7-5-4-6-8-14/h3-8H,2,9-12H2,1H3/b15-3-. The molecular formula is C15H19NO. The Morgan fingerprint density at radius 1 is 1.41 bits per heavy atom. The molecule has 1 fully saturated rings. The van der Waals surface area contributed by atoms with Crippen LogP contribution in [0.2, 0.25) is 0 Å². The van der Waals surface area contributed by atoms with Gasteiger partial charge in [0.1, 0.15) is 6.61 Å². The fourth-order valence-electron chi connectivity index (χ4n) is 2.11. The number of hydrogen-bond acceptors (Lipinski definition) is 2. The van der Waals surface area contributed by atoms with Crippen molar-refractivity contribution in [2.24, 2.45) is 0 Å². The molecule has 0 aliphatic carbocycles. The van der Waals surface area contributed by atoms with Crippen molar-refractivity contribution in [3.8, 4) is 0 Å². The molecule has 1 aliphatic heterocycles. The van der Waals surface area contributed by atoms with Crippen molar-refractivity contribution >= 4 is 0 Å². The first-order valence-electron chi connectivity index (χ1n) is 6.09. The zero-order valence-electron chi connectivity index (χ0n) is 10.4. The van der Waals surface area contributed by atoms with Crippen LogP contribution in [0.3, 0.4) is 0 Å². The molecular weight excluding hydrogens is 210 g/mol. The highest BCUT2D eigenvalue weighted by Gasteiger charge is 2.19. The number of allylic oxidation sites excluding steroid dienone is 2. The van der Waals surface area contributed by atoms with E-state index in [9.17, 15) is 0 Å². The molecule has 0 radical (unpaired) electrons. The first-order chi connectivity index (χ1) is 8.31. The first-order valence-corrected chi connectivity index (χ1v) is 6.09. The van der Waals surface area contributed by atoms with Crippen molar-refractivity contribution in [2.75, 3.05) is 13.2 Å². The summed E-state index contributed by atoms with van der Waals surface area (Å²) in [7, 11) is 0. The number of aryl methyl sites for hydroxylation is 1. The molecule has 1 aromatic carbocycles. The summed E-state index contributed by atoms with van der Waals surface area (Å²) in [5, 5.41) is 0. The van der Waals surface area contributed by atoms with E-state index in [1.54, 1.807) is 0 Å². The molecule has 0 unspecified atom stereocenters. The smallest absolute Gasteiger partial charge is 0.186 e. The zero-order valence-corrected chi connectivity index (χ0v) is 10.4. The fourth-order valence-corrected chi connectivity index (χ4v) is 2.11. The Hall–Kier alpha value is -1.70. The SMILES string of the molecule is C=C1OCCN1/C(=C\C)CCc1ccccc1. The van der Waals surface area contributed by atoms with E-state index < -0.39 is 0 Å². The lowest BCUT2D eigenvalue weighted by molar-refractivity contribution is 0.247. The molecule has 1 heterocycles. The third-order valence-electron chi connectivity index (χ3n) is 3.08. The van der Waals surface area contributed by atoms with Crippen molar-refractivity contribution in [3.63, 3.8) is 0 Å². The van der Waals surface area contributed by atoms with Crippen LogP contribution in [0.4, 0.5) is 0 Å². The van der Waals surface area contributed by atoms with Crippen LogP contribution in [0.15, 0.2) is 54.6 Å². The fraction of sp³-hybridized carbons (Fsp3) is 0.333. The molecule has 1 aromatic rings. The number of benzene rings is 1. The number of nitrogens with zero attached hydrogens (tertiary/aromatic N) is 1. The van der Waals surface area contributed by atoms with Crippen LogP contribution in [-0.2, 0) is 11.2 Å². The first kappa shape index (κ1) is 11.8. The molecule has 0 amide bonds. The molecule has 17 heavy (non-hydrogen) atoms. The normalized spacial score (nSPS) is 16.2. The van der Waals surface area contributed by atoms with Crippen LogP contribution in [0.25, 0.3) is 0 Å². The average molecular weight is 229 g/mol.